The summed E-state index contributed by atoms with van der Waals surface area (Å²) >= 11 is 0. The maximum absolute atomic E-state index is 2.32. The molecule has 0 radical (unpaired) electrons. The maximum atomic E-state index is 2.32. The second-order valence-corrected chi connectivity index (χ2v) is 3.00. The summed E-state index contributed by atoms with van der Waals surface area (Å²) in [6.45, 7) is 4.56. The highest BCUT2D eigenvalue weighted by molar-refractivity contribution is 5.21. The first-order valence-electron chi connectivity index (χ1n) is 3.47. The first kappa shape index (κ1) is 5.87. The van der Waals surface area contributed by atoms with E-state index in [0.717, 1.165) is 5.92 Å². The van der Waals surface area contributed by atoms with Crippen LogP contribution in [0.5, 0.6) is 0 Å². The smallest absolute Gasteiger partial charge is 0.0136 e. The van der Waals surface area contributed by atoms with Crippen LogP contribution in [0.1, 0.15) is 33.1 Å². The second kappa shape index (κ2) is 2.34. The van der Waals surface area contributed by atoms with Gasteiger partial charge in [-0.3, -0.25) is 0 Å². The fourth-order valence-electron chi connectivity index (χ4n) is 0.750. The molecular weight excluding hydrogens is 96.1 g/mol. The van der Waals surface area contributed by atoms with Crippen molar-refractivity contribution >= 4 is 0 Å². The first-order chi connectivity index (χ1) is 3.79. The molecule has 0 atom stereocenters. The number of allylic oxidation sites excluding steroid dienone is 2. The molecule has 0 nitrogen and oxygen atoms in total. The summed E-state index contributed by atoms with van der Waals surface area (Å²) in [7, 11) is 0. The van der Waals surface area contributed by atoms with Crippen LogP contribution >= 0.6 is 0 Å². The van der Waals surface area contributed by atoms with Gasteiger partial charge < -0.3 is 0 Å². The number of hydrogen-bond donors (Lipinski definition) is 0. The number of rotatable bonds is 3. The van der Waals surface area contributed by atoms with Crippen molar-refractivity contribution in [2.75, 3.05) is 0 Å². The van der Waals surface area contributed by atoms with E-state index in [-0.39, 0.29) is 0 Å². The molecule has 0 bridgehead atoms. The lowest BCUT2D eigenvalue weighted by Gasteiger charge is -1.98. The van der Waals surface area contributed by atoms with Crippen LogP contribution in [-0.2, 0) is 0 Å². The molecule has 0 heteroatoms. The molecule has 46 valence electrons. The van der Waals surface area contributed by atoms with Gasteiger partial charge in [0, 0.05) is 0 Å². The van der Waals surface area contributed by atoms with Crippen molar-refractivity contribution in [3.8, 4) is 0 Å². The van der Waals surface area contributed by atoms with E-state index in [1.54, 1.807) is 5.57 Å². The highest BCUT2D eigenvalue weighted by Gasteiger charge is 2.06. The monoisotopic (exact) mass is 110 g/mol. The molecule has 8 heavy (non-hydrogen) atoms. The van der Waals surface area contributed by atoms with Gasteiger partial charge >= 0.3 is 0 Å². The van der Waals surface area contributed by atoms with Crippen molar-refractivity contribution in [1.29, 1.82) is 0 Å². The molecule has 0 N–H and O–H groups in total. The molecule has 0 aromatic carbocycles. The van der Waals surface area contributed by atoms with Gasteiger partial charge in [0.2, 0.25) is 0 Å². The standard InChI is InChI=1S/C8H14/c1-7(2)3-4-8-5-6-8/h5,7H,3-4,6H2,1-2H3. The Hall–Kier alpha value is -0.260. The summed E-state index contributed by atoms with van der Waals surface area (Å²) in [5.41, 5.74) is 1.68. The lowest BCUT2D eigenvalue weighted by molar-refractivity contribution is 0.588. The normalized spacial score (nSPS) is 16.6. The van der Waals surface area contributed by atoms with Gasteiger partial charge in [-0.05, 0) is 25.2 Å². The van der Waals surface area contributed by atoms with Crippen LogP contribution in [0.3, 0.4) is 0 Å². The van der Waals surface area contributed by atoms with E-state index in [2.05, 4.69) is 19.9 Å². The molecule has 0 aromatic heterocycles. The van der Waals surface area contributed by atoms with E-state index < -0.39 is 0 Å². The molecule has 0 heterocycles. The Kier molecular flexibility index (Phi) is 1.72. The zero-order chi connectivity index (χ0) is 5.98. The fraction of sp³-hybridized carbons (Fsp3) is 0.750. The summed E-state index contributed by atoms with van der Waals surface area (Å²) in [4.78, 5) is 0. The van der Waals surface area contributed by atoms with Gasteiger partial charge in [0.25, 0.3) is 0 Å². The van der Waals surface area contributed by atoms with Crippen LogP contribution in [0.4, 0.5) is 0 Å². The van der Waals surface area contributed by atoms with E-state index in [4.69, 9.17) is 0 Å². The minimum atomic E-state index is 0.886. The third-order valence-electron chi connectivity index (χ3n) is 1.54. The number of hydrogen-bond acceptors (Lipinski definition) is 0. The quantitative estimate of drug-likeness (QED) is 0.490. The Bertz CT molecular complexity index is 98.6. The lowest BCUT2D eigenvalue weighted by Crippen LogP contribution is -1.84. The van der Waals surface area contributed by atoms with Crippen molar-refractivity contribution in [2.24, 2.45) is 5.92 Å². The van der Waals surface area contributed by atoms with Crippen LogP contribution in [0.25, 0.3) is 0 Å². The van der Waals surface area contributed by atoms with Crippen LogP contribution in [0, 0.1) is 5.92 Å². The Morgan fingerprint density at radius 3 is 2.62 bits per heavy atom. The third kappa shape index (κ3) is 2.15. The van der Waals surface area contributed by atoms with Crippen molar-refractivity contribution < 1.29 is 0 Å². The first-order valence-corrected chi connectivity index (χ1v) is 3.47. The van der Waals surface area contributed by atoms with Crippen LogP contribution in [0.2, 0.25) is 0 Å². The summed E-state index contributed by atoms with van der Waals surface area (Å²) in [5.74, 6) is 0.886. The van der Waals surface area contributed by atoms with E-state index in [9.17, 15) is 0 Å². The molecular formula is C8H14. The molecule has 0 amide bonds. The maximum Gasteiger partial charge on any atom is -0.0136 e. The molecule has 0 spiro atoms. The average Bonchev–Trinajstić information content (AvgIpc) is 2.41. The largest absolute Gasteiger partial charge is 0.0810 e. The minimum Gasteiger partial charge on any atom is -0.0810 e. The highest BCUT2D eigenvalue weighted by atomic mass is 14.1. The Morgan fingerprint density at radius 2 is 2.25 bits per heavy atom. The van der Waals surface area contributed by atoms with Crippen LogP contribution in [-0.4, -0.2) is 0 Å². The molecule has 0 unspecified atom stereocenters. The highest BCUT2D eigenvalue weighted by Crippen LogP contribution is 2.25. The van der Waals surface area contributed by atoms with Crippen molar-refractivity contribution in [1.82, 2.24) is 0 Å². The molecule has 0 saturated heterocycles. The molecule has 0 aliphatic heterocycles. The lowest BCUT2D eigenvalue weighted by atomic mass is 10.1. The third-order valence-corrected chi connectivity index (χ3v) is 1.54. The van der Waals surface area contributed by atoms with E-state index in [1.165, 1.54) is 19.3 Å². The predicted molar refractivity (Wildman–Crippen MR) is 36.8 cm³/mol. The van der Waals surface area contributed by atoms with Gasteiger partial charge in [-0.25, -0.2) is 0 Å². The SMILES string of the molecule is CC(C)CCC1=CC1. The molecule has 1 aliphatic carbocycles. The summed E-state index contributed by atoms with van der Waals surface area (Å²) in [6, 6.07) is 0. The van der Waals surface area contributed by atoms with Gasteiger partial charge in [0.15, 0.2) is 0 Å². The minimum absolute atomic E-state index is 0.886. The Balaban J connectivity index is 1.95. The summed E-state index contributed by atoms with van der Waals surface area (Å²) < 4.78 is 0. The van der Waals surface area contributed by atoms with Crippen molar-refractivity contribution in [2.45, 2.75) is 33.1 Å². The van der Waals surface area contributed by atoms with Crippen LogP contribution < -0.4 is 0 Å². The summed E-state index contributed by atoms with van der Waals surface area (Å²) in [6.07, 6.45) is 6.37. The van der Waals surface area contributed by atoms with Gasteiger partial charge in [0.05, 0.1) is 0 Å². The predicted octanol–water partition coefficient (Wildman–Crippen LogP) is 2.75. The molecule has 0 aromatic rings. The van der Waals surface area contributed by atoms with Gasteiger partial charge in [-0.15, -0.1) is 0 Å². The zero-order valence-corrected chi connectivity index (χ0v) is 5.78. The molecule has 0 fully saturated rings. The molecule has 0 saturated carbocycles. The zero-order valence-electron chi connectivity index (χ0n) is 5.78. The van der Waals surface area contributed by atoms with Gasteiger partial charge in [0.1, 0.15) is 0 Å². The molecule has 1 rings (SSSR count). The molecule has 1 aliphatic rings. The van der Waals surface area contributed by atoms with Crippen LogP contribution in [0.15, 0.2) is 11.6 Å². The van der Waals surface area contributed by atoms with Gasteiger partial charge in [-0.1, -0.05) is 25.5 Å². The van der Waals surface area contributed by atoms with Crippen molar-refractivity contribution in [3.63, 3.8) is 0 Å². The average molecular weight is 110 g/mol. The fourth-order valence-corrected chi connectivity index (χ4v) is 0.750. The van der Waals surface area contributed by atoms with E-state index in [1.807, 2.05) is 0 Å². The summed E-state index contributed by atoms with van der Waals surface area (Å²) in [5, 5.41) is 0. The van der Waals surface area contributed by atoms with E-state index >= 15 is 0 Å². The van der Waals surface area contributed by atoms with Crippen molar-refractivity contribution in [3.05, 3.63) is 11.6 Å². The Labute approximate surface area is 51.6 Å². The van der Waals surface area contributed by atoms with Gasteiger partial charge in [-0.2, -0.15) is 0 Å². The van der Waals surface area contributed by atoms with E-state index in [0.29, 0.717) is 0 Å². The Morgan fingerprint density at radius 1 is 1.62 bits per heavy atom. The second-order valence-electron chi connectivity index (χ2n) is 3.00. The topological polar surface area (TPSA) is 0 Å².